The van der Waals surface area contributed by atoms with E-state index < -0.39 is 0 Å². The molecule has 0 aliphatic carbocycles. The fourth-order valence-electron chi connectivity index (χ4n) is 3.37. The Hall–Kier alpha value is -1.22. The van der Waals surface area contributed by atoms with Crippen molar-refractivity contribution >= 4 is 0 Å². The third kappa shape index (κ3) is 6.72. The van der Waals surface area contributed by atoms with Crippen molar-refractivity contribution in [3.05, 3.63) is 23.8 Å². The molecule has 1 fully saturated rings. The highest BCUT2D eigenvalue weighted by molar-refractivity contribution is 5.43. The number of ether oxygens (including phenoxy) is 2. The summed E-state index contributed by atoms with van der Waals surface area (Å²) in [6, 6.07) is 6.41. The first-order valence-corrected chi connectivity index (χ1v) is 9.85. The lowest BCUT2D eigenvalue weighted by Gasteiger charge is -2.26. The van der Waals surface area contributed by atoms with Gasteiger partial charge in [0, 0.05) is 6.54 Å². The van der Waals surface area contributed by atoms with Gasteiger partial charge in [0.15, 0.2) is 11.5 Å². The van der Waals surface area contributed by atoms with E-state index in [1.54, 1.807) is 7.11 Å². The summed E-state index contributed by atoms with van der Waals surface area (Å²) in [7, 11) is 1.73. The molecule has 0 N–H and O–H groups in total. The van der Waals surface area contributed by atoms with Crippen molar-refractivity contribution in [1.82, 2.24) is 4.90 Å². The number of hydrogen-bond acceptors (Lipinski definition) is 3. The molecule has 0 atom stereocenters. The van der Waals surface area contributed by atoms with Crippen LogP contribution in [0, 0.1) is 0 Å². The molecule has 2 rings (SSSR count). The number of piperidine rings is 1. The van der Waals surface area contributed by atoms with Crippen molar-refractivity contribution in [2.75, 3.05) is 26.8 Å². The van der Waals surface area contributed by atoms with Crippen molar-refractivity contribution in [2.45, 2.75) is 71.3 Å². The minimum Gasteiger partial charge on any atom is -0.493 e. The number of methoxy groups -OCH3 is 1. The quantitative estimate of drug-likeness (QED) is 0.505. The maximum atomic E-state index is 5.94. The molecule has 3 nitrogen and oxygen atoms in total. The van der Waals surface area contributed by atoms with E-state index in [-0.39, 0.29) is 0 Å². The molecule has 0 amide bonds. The fourth-order valence-corrected chi connectivity index (χ4v) is 3.37. The Morgan fingerprint density at radius 3 is 2.42 bits per heavy atom. The second-order valence-corrected chi connectivity index (χ2v) is 6.94. The topological polar surface area (TPSA) is 21.7 Å². The number of hydrogen-bond donors (Lipinski definition) is 0. The van der Waals surface area contributed by atoms with Crippen LogP contribution in [0.2, 0.25) is 0 Å². The summed E-state index contributed by atoms with van der Waals surface area (Å²) in [6.45, 7) is 6.50. The lowest BCUT2D eigenvalue weighted by molar-refractivity contribution is 0.220. The standard InChI is InChI=1S/C21H35NO2/c1-3-4-5-6-7-11-16-24-20-13-12-19(17-21(20)23-2)18-22-14-9-8-10-15-22/h12-13,17H,3-11,14-16,18H2,1-2H3. The van der Waals surface area contributed by atoms with E-state index in [9.17, 15) is 0 Å². The third-order valence-electron chi connectivity index (χ3n) is 4.84. The van der Waals surface area contributed by atoms with Crippen molar-refractivity contribution in [2.24, 2.45) is 0 Å². The zero-order valence-electron chi connectivity index (χ0n) is 15.7. The van der Waals surface area contributed by atoms with Crippen LogP contribution in [0.15, 0.2) is 18.2 Å². The van der Waals surface area contributed by atoms with Gasteiger partial charge in [0.05, 0.1) is 13.7 Å². The molecule has 1 aromatic carbocycles. The second kappa shape index (κ2) is 11.4. The molecule has 1 heterocycles. The molecule has 0 spiro atoms. The second-order valence-electron chi connectivity index (χ2n) is 6.94. The molecule has 136 valence electrons. The van der Waals surface area contributed by atoms with E-state index in [4.69, 9.17) is 9.47 Å². The smallest absolute Gasteiger partial charge is 0.161 e. The summed E-state index contributed by atoms with van der Waals surface area (Å²) < 4.78 is 11.5. The highest BCUT2D eigenvalue weighted by Crippen LogP contribution is 2.29. The predicted octanol–water partition coefficient (Wildman–Crippen LogP) is 5.42. The van der Waals surface area contributed by atoms with Crippen molar-refractivity contribution < 1.29 is 9.47 Å². The predicted molar refractivity (Wildman–Crippen MR) is 101 cm³/mol. The Morgan fingerprint density at radius 1 is 0.917 bits per heavy atom. The van der Waals surface area contributed by atoms with Gasteiger partial charge in [-0.25, -0.2) is 0 Å². The van der Waals surface area contributed by atoms with Crippen LogP contribution in [0.4, 0.5) is 0 Å². The van der Waals surface area contributed by atoms with Gasteiger partial charge in [0.1, 0.15) is 0 Å². The molecule has 1 aliphatic rings. The first kappa shape index (κ1) is 19.1. The average molecular weight is 334 g/mol. The minimum atomic E-state index is 0.786. The van der Waals surface area contributed by atoms with Crippen LogP contribution in [0.1, 0.15) is 70.3 Å². The SMILES string of the molecule is CCCCCCCCOc1ccc(CN2CCCCC2)cc1OC. The maximum absolute atomic E-state index is 5.94. The van der Waals surface area contributed by atoms with Crippen LogP contribution >= 0.6 is 0 Å². The molecule has 1 aliphatic heterocycles. The number of unbranched alkanes of at least 4 members (excludes halogenated alkanes) is 5. The minimum absolute atomic E-state index is 0.786. The van der Waals surface area contributed by atoms with Crippen molar-refractivity contribution in [3.8, 4) is 11.5 Å². The molecule has 24 heavy (non-hydrogen) atoms. The highest BCUT2D eigenvalue weighted by atomic mass is 16.5. The Kier molecular flexibility index (Phi) is 9.04. The van der Waals surface area contributed by atoms with Gasteiger partial charge in [-0.05, 0) is 50.0 Å². The van der Waals surface area contributed by atoms with Gasteiger partial charge in [-0.3, -0.25) is 4.90 Å². The van der Waals surface area contributed by atoms with Crippen LogP contribution in [0.25, 0.3) is 0 Å². The Balaban J connectivity index is 1.76. The summed E-state index contributed by atoms with van der Waals surface area (Å²) in [5, 5.41) is 0. The maximum Gasteiger partial charge on any atom is 0.161 e. The summed E-state index contributed by atoms with van der Waals surface area (Å²) in [5.41, 5.74) is 1.32. The van der Waals surface area contributed by atoms with Crippen LogP contribution in [-0.2, 0) is 6.54 Å². The van der Waals surface area contributed by atoms with E-state index in [1.165, 1.54) is 70.0 Å². The molecule has 1 aromatic rings. The van der Waals surface area contributed by atoms with Crippen LogP contribution in [0.3, 0.4) is 0 Å². The number of likely N-dealkylation sites (tertiary alicyclic amines) is 1. The van der Waals surface area contributed by atoms with Gasteiger partial charge in [-0.2, -0.15) is 0 Å². The molecule has 1 saturated heterocycles. The van der Waals surface area contributed by atoms with E-state index in [2.05, 4.69) is 30.0 Å². The van der Waals surface area contributed by atoms with E-state index >= 15 is 0 Å². The molecule has 0 radical (unpaired) electrons. The monoisotopic (exact) mass is 333 g/mol. The molecular formula is C21H35NO2. The van der Waals surface area contributed by atoms with Gasteiger partial charge in [0.2, 0.25) is 0 Å². The van der Waals surface area contributed by atoms with Gasteiger partial charge < -0.3 is 9.47 Å². The average Bonchev–Trinajstić information content (AvgIpc) is 2.62. The number of rotatable bonds is 11. The number of benzene rings is 1. The summed E-state index contributed by atoms with van der Waals surface area (Å²) in [5.74, 6) is 1.75. The van der Waals surface area contributed by atoms with Gasteiger partial charge in [-0.15, -0.1) is 0 Å². The van der Waals surface area contributed by atoms with Crippen LogP contribution in [0.5, 0.6) is 11.5 Å². The summed E-state index contributed by atoms with van der Waals surface area (Å²) in [6.07, 6.45) is 11.8. The first-order valence-electron chi connectivity index (χ1n) is 9.85. The zero-order valence-corrected chi connectivity index (χ0v) is 15.7. The summed E-state index contributed by atoms with van der Waals surface area (Å²) in [4.78, 5) is 2.54. The molecule has 3 heteroatoms. The van der Waals surface area contributed by atoms with Gasteiger partial charge in [-0.1, -0.05) is 51.5 Å². The van der Waals surface area contributed by atoms with E-state index in [0.717, 1.165) is 31.1 Å². The normalized spacial score (nSPS) is 15.4. The van der Waals surface area contributed by atoms with Crippen molar-refractivity contribution in [1.29, 1.82) is 0 Å². The van der Waals surface area contributed by atoms with Crippen molar-refractivity contribution in [3.63, 3.8) is 0 Å². The first-order chi connectivity index (χ1) is 11.8. The third-order valence-corrected chi connectivity index (χ3v) is 4.84. The highest BCUT2D eigenvalue weighted by Gasteiger charge is 2.12. The largest absolute Gasteiger partial charge is 0.493 e. The Labute approximate surface area is 148 Å². The van der Waals surface area contributed by atoms with Crippen LogP contribution < -0.4 is 9.47 Å². The van der Waals surface area contributed by atoms with E-state index in [1.807, 2.05) is 0 Å². The molecule has 0 saturated carbocycles. The fraction of sp³-hybridized carbons (Fsp3) is 0.714. The van der Waals surface area contributed by atoms with Crippen LogP contribution in [-0.4, -0.2) is 31.7 Å². The number of nitrogens with zero attached hydrogens (tertiary/aromatic N) is 1. The lowest BCUT2D eigenvalue weighted by Crippen LogP contribution is -2.29. The molecule has 0 unspecified atom stereocenters. The van der Waals surface area contributed by atoms with E-state index in [0.29, 0.717) is 0 Å². The van der Waals surface area contributed by atoms with Gasteiger partial charge >= 0.3 is 0 Å². The zero-order chi connectivity index (χ0) is 17.0. The molecule has 0 bridgehead atoms. The summed E-state index contributed by atoms with van der Waals surface area (Å²) >= 11 is 0. The lowest BCUT2D eigenvalue weighted by atomic mass is 10.1. The van der Waals surface area contributed by atoms with Gasteiger partial charge in [0.25, 0.3) is 0 Å². The molecule has 0 aromatic heterocycles. The Bertz CT molecular complexity index is 455. The molecular weight excluding hydrogens is 298 g/mol. The Morgan fingerprint density at radius 2 is 1.67 bits per heavy atom.